The zero-order valence-corrected chi connectivity index (χ0v) is 18.2. The Bertz CT molecular complexity index is 883. The summed E-state index contributed by atoms with van der Waals surface area (Å²) in [4.78, 5) is 37.4. The van der Waals surface area contributed by atoms with Gasteiger partial charge in [0, 0.05) is 24.2 Å². The molecular weight excluding hydrogens is 364 g/mol. The summed E-state index contributed by atoms with van der Waals surface area (Å²) in [6, 6.07) is 0. The molecular formula is C25H32O4. The van der Waals surface area contributed by atoms with Gasteiger partial charge in [-0.25, -0.2) is 0 Å². The summed E-state index contributed by atoms with van der Waals surface area (Å²) in [5, 5.41) is 0. The maximum Gasteiger partial charge on any atom is 0.303 e. The standard InChI is InChI=1S/C25H32O4/c1-13-10-20-17-7-6-16-11-22(28)18-12-21(18)24(16,5)19(17)8-9-23(20,4)25(13,14(2)26)29-15(3)27/h6-7,11,13,17-21H,8-10,12H2,1-5H3/t13-,17-,18+,19+,20+,21+,23+,24+,25+/m1/s1. The second-order valence-corrected chi connectivity index (χ2v) is 10.9. The molecule has 0 spiro atoms. The van der Waals surface area contributed by atoms with E-state index in [1.54, 1.807) is 6.92 Å². The summed E-state index contributed by atoms with van der Waals surface area (Å²) in [6.07, 6.45) is 10.2. The molecule has 4 nitrogen and oxygen atoms in total. The molecule has 3 saturated carbocycles. The van der Waals surface area contributed by atoms with Gasteiger partial charge in [0.2, 0.25) is 0 Å². The van der Waals surface area contributed by atoms with Crippen LogP contribution in [-0.4, -0.2) is 23.1 Å². The van der Waals surface area contributed by atoms with E-state index in [4.69, 9.17) is 4.74 Å². The SMILES string of the molecule is CC(=O)O[C@]1(C(C)=O)[C@H](C)C[C@H]2[C@@H]3C=CC4=CC(=O)[C@H]5C[C@@H]5[C@]4(C)[C@H]3CC[C@@]21C. The first-order chi connectivity index (χ1) is 13.6. The van der Waals surface area contributed by atoms with E-state index in [1.807, 2.05) is 6.08 Å². The van der Waals surface area contributed by atoms with Crippen molar-refractivity contribution in [2.75, 3.05) is 0 Å². The van der Waals surface area contributed by atoms with E-state index in [2.05, 4.69) is 32.9 Å². The smallest absolute Gasteiger partial charge is 0.303 e. The molecule has 0 bridgehead atoms. The molecule has 156 valence electrons. The van der Waals surface area contributed by atoms with Gasteiger partial charge in [-0.1, -0.05) is 32.9 Å². The van der Waals surface area contributed by atoms with Gasteiger partial charge in [-0.2, -0.15) is 0 Å². The van der Waals surface area contributed by atoms with Crippen molar-refractivity contribution in [1.29, 1.82) is 0 Å². The van der Waals surface area contributed by atoms with Gasteiger partial charge < -0.3 is 4.74 Å². The molecule has 5 rings (SSSR count). The Kier molecular flexibility index (Phi) is 3.79. The molecule has 5 aliphatic rings. The molecule has 0 saturated heterocycles. The molecule has 9 atom stereocenters. The average molecular weight is 397 g/mol. The first-order valence-electron chi connectivity index (χ1n) is 11.2. The fraction of sp³-hybridized carbons (Fsp3) is 0.720. The van der Waals surface area contributed by atoms with E-state index >= 15 is 0 Å². The van der Waals surface area contributed by atoms with E-state index in [1.165, 1.54) is 12.5 Å². The molecule has 0 aromatic heterocycles. The number of allylic oxidation sites excluding steroid dienone is 4. The van der Waals surface area contributed by atoms with E-state index in [0.717, 1.165) is 25.7 Å². The van der Waals surface area contributed by atoms with E-state index in [0.29, 0.717) is 29.5 Å². The molecule has 0 radical (unpaired) electrons. The van der Waals surface area contributed by atoms with Crippen molar-refractivity contribution in [3.05, 3.63) is 23.8 Å². The maximum atomic E-state index is 13.0. The normalized spacial score (nSPS) is 51.9. The third-order valence-corrected chi connectivity index (χ3v) is 9.81. The number of esters is 1. The molecule has 0 aliphatic heterocycles. The Morgan fingerprint density at radius 2 is 1.83 bits per heavy atom. The number of Topliss-reactive ketones (excluding diaryl/α,β-unsaturated/α-hetero) is 1. The number of ketones is 2. The monoisotopic (exact) mass is 396 g/mol. The van der Waals surface area contributed by atoms with Crippen LogP contribution in [0.1, 0.15) is 60.3 Å². The predicted molar refractivity (Wildman–Crippen MR) is 109 cm³/mol. The number of carbonyl (C=O) groups is 3. The lowest BCUT2D eigenvalue weighted by Gasteiger charge is -2.57. The van der Waals surface area contributed by atoms with Crippen molar-refractivity contribution >= 4 is 17.5 Å². The van der Waals surface area contributed by atoms with Gasteiger partial charge in [0.1, 0.15) is 0 Å². The highest BCUT2D eigenvalue weighted by Gasteiger charge is 2.71. The largest absolute Gasteiger partial charge is 0.450 e. The summed E-state index contributed by atoms with van der Waals surface area (Å²) >= 11 is 0. The number of hydrogen-bond acceptors (Lipinski definition) is 4. The van der Waals surface area contributed by atoms with Crippen LogP contribution in [0.4, 0.5) is 0 Å². The van der Waals surface area contributed by atoms with Crippen molar-refractivity contribution in [2.45, 2.75) is 65.9 Å². The first kappa shape index (κ1) is 19.3. The molecule has 0 aromatic carbocycles. The quantitative estimate of drug-likeness (QED) is 0.654. The topological polar surface area (TPSA) is 60.4 Å². The fourth-order valence-electron chi connectivity index (χ4n) is 8.49. The average Bonchev–Trinajstić information content (AvgIpc) is 3.41. The minimum absolute atomic E-state index is 0.0115. The first-order valence-corrected chi connectivity index (χ1v) is 11.2. The molecule has 0 unspecified atom stereocenters. The summed E-state index contributed by atoms with van der Waals surface area (Å²) in [6.45, 7) is 9.67. The molecule has 29 heavy (non-hydrogen) atoms. The number of rotatable bonds is 2. The third kappa shape index (κ3) is 2.13. The van der Waals surface area contributed by atoms with Gasteiger partial charge in [-0.3, -0.25) is 14.4 Å². The van der Waals surface area contributed by atoms with Crippen molar-refractivity contribution in [1.82, 2.24) is 0 Å². The van der Waals surface area contributed by atoms with Crippen LogP contribution in [0.25, 0.3) is 0 Å². The van der Waals surface area contributed by atoms with Crippen LogP contribution < -0.4 is 0 Å². The Hall–Kier alpha value is -1.71. The second-order valence-electron chi connectivity index (χ2n) is 10.9. The van der Waals surface area contributed by atoms with E-state index in [9.17, 15) is 14.4 Å². The third-order valence-electron chi connectivity index (χ3n) is 9.81. The molecule has 5 aliphatic carbocycles. The van der Waals surface area contributed by atoms with Crippen molar-refractivity contribution < 1.29 is 19.1 Å². The second kappa shape index (κ2) is 5.70. The van der Waals surface area contributed by atoms with Crippen LogP contribution in [-0.2, 0) is 19.1 Å². The molecule has 0 aromatic rings. The Balaban J connectivity index is 1.59. The minimum Gasteiger partial charge on any atom is -0.450 e. The van der Waals surface area contributed by atoms with Gasteiger partial charge in [0.25, 0.3) is 0 Å². The summed E-state index contributed by atoms with van der Waals surface area (Å²) in [7, 11) is 0. The fourth-order valence-corrected chi connectivity index (χ4v) is 8.49. The number of hydrogen-bond donors (Lipinski definition) is 0. The summed E-state index contributed by atoms with van der Waals surface area (Å²) in [5.74, 6) is 1.81. The highest BCUT2D eigenvalue weighted by atomic mass is 16.6. The number of ether oxygens (including phenoxy) is 1. The minimum atomic E-state index is -1.02. The zero-order chi connectivity index (χ0) is 20.9. The molecule has 0 N–H and O–H groups in total. The van der Waals surface area contributed by atoms with Gasteiger partial charge in [-0.15, -0.1) is 0 Å². The Labute approximate surface area is 173 Å². The number of fused-ring (bicyclic) bond motifs is 7. The lowest BCUT2D eigenvalue weighted by Crippen LogP contribution is -2.60. The van der Waals surface area contributed by atoms with E-state index in [-0.39, 0.29) is 34.4 Å². The Morgan fingerprint density at radius 1 is 1.10 bits per heavy atom. The van der Waals surface area contributed by atoms with Crippen LogP contribution in [0.2, 0.25) is 0 Å². The van der Waals surface area contributed by atoms with Gasteiger partial charge in [0.15, 0.2) is 17.2 Å². The van der Waals surface area contributed by atoms with Crippen LogP contribution in [0, 0.1) is 46.3 Å². The number of carbonyl (C=O) groups excluding carboxylic acids is 3. The van der Waals surface area contributed by atoms with Gasteiger partial charge in [-0.05, 0) is 73.3 Å². The predicted octanol–water partition coefficient (Wildman–Crippen LogP) is 4.29. The van der Waals surface area contributed by atoms with Gasteiger partial charge in [0.05, 0.1) is 0 Å². The van der Waals surface area contributed by atoms with Gasteiger partial charge >= 0.3 is 5.97 Å². The molecule has 0 heterocycles. The molecule has 4 heteroatoms. The van der Waals surface area contributed by atoms with Crippen molar-refractivity contribution in [3.8, 4) is 0 Å². The highest BCUT2D eigenvalue weighted by Crippen LogP contribution is 2.72. The maximum absolute atomic E-state index is 13.0. The van der Waals surface area contributed by atoms with Crippen molar-refractivity contribution in [3.63, 3.8) is 0 Å². The van der Waals surface area contributed by atoms with Crippen LogP contribution in [0.3, 0.4) is 0 Å². The lowest BCUT2D eigenvalue weighted by atomic mass is 9.47. The highest BCUT2D eigenvalue weighted by molar-refractivity contribution is 5.97. The van der Waals surface area contributed by atoms with E-state index < -0.39 is 5.60 Å². The van der Waals surface area contributed by atoms with Crippen LogP contribution in [0.15, 0.2) is 23.8 Å². The van der Waals surface area contributed by atoms with Crippen LogP contribution in [0.5, 0.6) is 0 Å². The van der Waals surface area contributed by atoms with Crippen molar-refractivity contribution in [2.24, 2.45) is 46.3 Å². The van der Waals surface area contributed by atoms with Crippen LogP contribution >= 0.6 is 0 Å². The Morgan fingerprint density at radius 3 is 2.48 bits per heavy atom. The lowest BCUT2D eigenvalue weighted by molar-refractivity contribution is -0.190. The molecule has 0 amide bonds. The zero-order valence-electron chi connectivity index (χ0n) is 18.2. The summed E-state index contributed by atoms with van der Waals surface area (Å²) in [5.41, 5.74) is -0.0921. The summed E-state index contributed by atoms with van der Waals surface area (Å²) < 4.78 is 5.93. The molecule has 3 fully saturated rings.